The quantitative estimate of drug-likeness (QED) is 0.0953. The van der Waals surface area contributed by atoms with Crippen molar-refractivity contribution in [1.82, 2.24) is 0 Å². The fourth-order valence-electron chi connectivity index (χ4n) is 3.75. The summed E-state index contributed by atoms with van der Waals surface area (Å²) in [6.07, 6.45) is 23.6. The summed E-state index contributed by atoms with van der Waals surface area (Å²) in [5.41, 5.74) is 1.21. The molecule has 0 N–H and O–H groups in total. The molecule has 0 unspecified atom stereocenters. The monoisotopic (exact) mass is 430 g/mol. The summed E-state index contributed by atoms with van der Waals surface area (Å²) in [6, 6.07) is 5.83. The van der Waals surface area contributed by atoms with E-state index in [9.17, 15) is 4.79 Å². The molecular weight excluding hydrogens is 384 g/mol. The first-order valence-corrected chi connectivity index (χ1v) is 12.7. The van der Waals surface area contributed by atoms with Gasteiger partial charge in [0.2, 0.25) is 0 Å². The van der Waals surface area contributed by atoms with Gasteiger partial charge >= 0.3 is 5.97 Å². The Balaban J connectivity index is 2.03. The van der Waals surface area contributed by atoms with Crippen LogP contribution in [0.5, 0.6) is 11.5 Å². The third-order valence-corrected chi connectivity index (χ3v) is 5.63. The summed E-state index contributed by atoms with van der Waals surface area (Å²) >= 11 is 0. The van der Waals surface area contributed by atoms with E-state index in [0.717, 1.165) is 25.7 Å². The molecule has 0 aromatic heterocycles. The molecule has 3 nitrogen and oxygen atoms in total. The van der Waals surface area contributed by atoms with Crippen molar-refractivity contribution < 1.29 is 14.3 Å². The predicted molar refractivity (Wildman–Crippen MR) is 132 cm³/mol. The number of aryl methyl sites for hydroxylation is 1. The van der Waals surface area contributed by atoms with Gasteiger partial charge in [-0.25, -0.2) is 0 Å². The maximum atomic E-state index is 12.1. The molecule has 1 aromatic carbocycles. The molecule has 0 atom stereocenters. The molecule has 0 bridgehead atoms. The second-order valence-corrected chi connectivity index (χ2v) is 8.54. The molecule has 0 spiro atoms. The Hall–Kier alpha value is -1.77. The van der Waals surface area contributed by atoms with E-state index in [-0.39, 0.29) is 5.97 Å². The molecule has 0 radical (unpaired) electrons. The molecular formula is C28H46O3. The van der Waals surface area contributed by atoms with Crippen molar-refractivity contribution >= 4 is 5.97 Å². The third kappa shape index (κ3) is 14.0. The largest absolute Gasteiger partial charge is 0.493 e. The van der Waals surface area contributed by atoms with Crippen LogP contribution in [0.2, 0.25) is 0 Å². The Labute approximate surface area is 191 Å². The standard InChI is InChI=1S/C28H46O3/c1-4-6-7-8-9-10-11-12-13-14-15-16-17-18-19-21-28(29)31-26-23-22-25(20-5-2)24-27(26)30-3/h12-13,22-24H,4-11,14-21H2,1-3H3. The second kappa shape index (κ2) is 19.0. The number of ether oxygens (including phenoxy) is 2. The summed E-state index contributed by atoms with van der Waals surface area (Å²) in [7, 11) is 1.62. The highest BCUT2D eigenvalue weighted by molar-refractivity contribution is 5.73. The van der Waals surface area contributed by atoms with Gasteiger partial charge in [-0.15, -0.1) is 0 Å². The highest BCUT2D eigenvalue weighted by Gasteiger charge is 2.10. The van der Waals surface area contributed by atoms with Gasteiger partial charge in [0.15, 0.2) is 11.5 Å². The van der Waals surface area contributed by atoms with E-state index in [0.29, 0.717) is 17.9 Å². The molecule has 0 amide bonds. The van der Waals surface area contributed by atoms with Crippen LogP contribution in [0.1, 0.15) is 116 Å². The summed E-state index contributed by atoms with van der Waals surface area (Å²) in [6.45, 7) is 4.41. The molecule has 176 valence electrons. The highest BCUT2D eigenvalue weighted by atomic mass is 16.6. The molecule has 0 aliphatic rings. The number of benzene rings is 1. The van der Waals surface area contributed by atoms with Gasteiger partial charge in [-0.1, -0.05) is 89.9 Å². The maximum Gasteiger partial charge on any atom is 0.311 e. The van der Waals surface area contributed by atoms with Crippen LogP contribution in [0, 0.1) is 0 Å². The van der Waals surface area contributed by atoms with Crippen molar-refractivity contribution in [2.24, 2.45) is 0 Å². The van der Waals surface area contributed by atoms with E-state index >= 15 is 0 Å². The molecule has 1 rings (SSSR count). The van der Waals surface area contributed by atoms with Gasteiger partial charge in [0.25, 0.3) is 0 Å². The first kappa shape index (κ1) is 27.3. The second-order valence-electron chi connectivity index (χ2n) is 8.54. The smallest absolute Gasteiger partial charge is 0.311 e. The minimum atomic E-state index is -0.167. The molecule has 0 saturated heterocycles. The number of allylic oxidation sites excluding steroid dienone is 2. The highest BCUT2D eigenvalue weighted by Crippen LogP contribution is 2.29. The lowest BCUT2D eigenvalue weighted by Gasteiger charge is -2.11. The molecule has 31 heavy (non-hydrogen) atoms. The number of carbonyl (C=O) groups is 1. The van der Waals surface area contributed by atoms with Gasteiger partial charge in [0, 0.05) is 6.42 Å². The van der Waals surface area contributed by atoms with E-state index < -0.39 is 0 Å². The molecule has 1 aromatic rings. The van der Waals surface area contributed by atoms with Crippen molar-refractivity contribution in [1.29, 1.82) is 0 Å². The number of hydrogen-bond donors (Lipinski definition) is 0. The van der Waals surface area contributed by atoms with E-state index in [1.54, 1.807) is 7.11 Å². The van der Waals surface area contributed by atoms with E-state index in [4.69, 9.17) is 9.47 Å². The number of methoxy groups -OCH3 is 1. The third-order valence-electron chi connectivity index (χ3n) is 5.63. The SMILES string of the molecule is CCCCCCCCC=CCCCCCCCC(=O)Oc1ccc(CCC)cc1OC. The zero-order valence-electron chi connectivity index (χ0n) is 20.4. The van der Waals surface area contributed by atoms with Crippen LogP contribution in [0.3, 0.4) is 0 Å². The Morgan fingerprint density at radius 1 is 0.774 bits per heavy atom. The van der Waals surface area contributed by atoms with E-state index in [1.807, 2.05) is 18.2 Å². The van der Waals surface area contributed by atoms with Gasteiger partial charge in [0.05, 0.1) is 7.11 Å². The van der Waals surface area contributed by atoms with Gasteiger partial charge < -0.3 is 9.47 Å². The summed E-state index contributed by atoms with van der Waals surface area (Å²) < 4.78 is 10.9. The Kier molecular flexibility index (Phi) is 16.7. The maximum absolute atomic E-state index is 12.1. The van der Waals surface area contributed by atoms with Crippen LogP contribution in [-0.2, 0) is 11.2 Å². The average molecular weight is 431 g/mol. The molecule has 0 heterocycles. The number of esters is 1. The topological polar surface area (TPSA) is 35.5 Å². The van der Waals surface area contributed by atoms with Gasteiger partial charge in [0.1, 0.15) is 0 Å². The summed E-state index contributed by atoms with van der Waals surface area (Å²) in [4.78, 5) is 12.1. The summed E-state index contributed by atoms with van der Waals surface area (Å²) in [5.74, 6) is 1.00. The zero-order chi connectivity index (χ0) is 22.6. The van der Waals surface area contributed by atoms with Crippen LogP contribution >= 0.6 is 0 Å². The Bertz CT molecular complexity index is 606. The summed E-state index contributed by atoms with van der Waals surface area (Å²) in [5, 5.41) is 0. The molecule has 0 aliphatic carbocycles. The molecule has 0 aliphatic heterocycles. The minimum Gasteiger partial charge on any atom is -0.493 e. The zero-order valence-corrected chi connectivity index (χ0v) is 20.4. The van der Waals surface area contributed by atoms with Crippen LogP contribution in [-0.4, -0.2) is 13.1 Å². The van der Waals surface area contributed by atoms with Gasteiger partial charge in [-0.3, -0.25) is 4.79 Å². The van der Waals surface area contributed by atoms with Crippen LogP contribution in [0.25, 0.3) is 0 Å². The first-order chi connectivity index (χ1) is 15.2. The van der Waals surface area contributed by atoms with E-state index in [1.165, 1.54) is 76.2 Å². The average Bonchev–Trinajstić information content (AvgIpc) is 2.77. The van der Waals surface area contributed by atoms with Crippen LogP contribution < -0.4 is 9.47 Å². The number of rotatable bonds is 19. The lowest BCUT2D eigenvalue weighted by atomic mass is 10.1. The Morgan fingerprint density at radius 3 is 2.00 bits per heavy atom. The fourth-order valence-corrected chi connectivity index (χ4v) is 3.75. The number of carbonyl (C=O) groups excluding carboxylic acids is 1. The van der Waals surface area contributed by atoms with E-state index in [2.05, 4.69) is 26.0 Å². The first-order valence-electron chi connectivity index (χ1n) is 12.7. The number of hydrogen-bond acceptors (Lipinski definition) is 3. The normalized spacial score (nSPS) is 11.2. The minimum absolute atomic E-state index is 0.167. The molecule has 0 saturated carbocycles. The van der Waals surface area contributed by atoms with Crippen molar-refractivity contribution in [2.75, 3.05) is 7.11 Å². The van der Waals surface area contributed by atoms with Gasteiger partial charge in [-0.05, 0) is 56.2 Å². The molecule has 3 heteroatoms. The van der Waals surface area contributed by atoms with Crippen molar-refractivity contribution in [3.8, 4) is 11.5 Å². The molecule has 0 fully saturated rings. The lowest BCUT2D eigenvalue weighted by molar-refractivity contribution is -0.134. The van der Waals surface area contributed by atoms with Crippen LogP contribution in [0.15, 0.2) is 30.4 Å². The van der Waals surface area contributed by atoms with Crippen LogP contribution in [0.4, 0.5) is 0 Å². The lowest BCUT2D eigenvalue weighted by Crippen LogP contribution is -2.08. The predicted octanol–water partition coefficient (Wildman–Crippen LogP) is 8.59. The Morgan fingerprint density at radius 2 is 1.39 bits per heavy atom. The van der Waals surface area contributed by atoms with Crippen molar-refractivity contribution in [2.45, 2.75) is 117 Å². The number of unbranched alkanes of at least 4 members (excludes halogenated alkanes) is 11. The fraction of sp³-hybridized carbons (Fsp3) is 0.679. The van der Waals surface area contributed by atoms with Crippen molar-refractivity contribution in [3.63, 3.8) is 0 Å². The van der Waals surface area contributed by atoms with Gasteiger partial charge in [-0.2, -0.15) is 0 Å². The van der Waals surface area contributed by atoms with Crippen molar-refractivity contribution in [3.05, 3.63) is 35.9 Å².